The summed E-state index contributed by atoms with van der Waals surface area (Å²) >= 11 is 0. The first kappa shape index (κ1) is 19.4. The number of hydrogen-bond donors (Lipinski definition) is 0. The minimum absolute atomic E-state index is 0.227. The molecule has 134 valence electrons. The first-order chi connectivity index (χ1) is 12.1. The quantitative estimate of drug-likeness (QED) is 0.349. The highest BCUT2D eigenvalue weighted by molar-refractivity contribution is 6.73. The Bertz CT molecular complexity index is 726. The van der Waals surface area contributed by atoms with Crippen molar-refractivity contribution in [2.75, 3.05) is 7.11 Å². The molecular weight excluding hydrogens is 328 g/mol. The van der Waals surface area contributed by atoms with E-state index in [4.69, 9.17) is 9.16 Å². The number of fused-ring (bicyclic) bond motifs is 1. The van der Waals surface area contributed by atoms with E-state index in [0.29, 0.717) is 0 Å². The minimum atomic E-state index is -1.82. The van der Waals surface area contributed by atoms with Gasteiger partial charge >= 0.3 is 5.97 Å². The maximum atomic E-state index is 11.6. The Morgan fingerprint density at radius 1 is 1.04 bits per heavy atom. The Labute approximate surface area is 151 Å². The van der Waals surface area contributed by atoms with Crippen LogP contribution in [0.4, 0.5) is 0 Å². The number of esters is 1. The molecule has 0 bridgehead atoms. The highest BCUT2D eigenvalue weighted by Gasteiger charge is 2.32. The van der Waals surface area contributed by atoms with Crippen LogP contribution in [0.1, 0.15) is 32.4 Å². The number of benzene rings is 2. The molecule has 0 aromatic heterocycles. The smallest absolute Gasteiger partial charge is 0.330 e. The fraction of sp³-hybridized carbons (Fsp3) is 0.381. The fourth-order valence-electron chi connectivity index (χ4n) is 3.11. The molecule has 3 nitrogen and oxygen atoms in total. The van der Waals surface area contributed by atoms with Gasteiger partial charge in [0.2, 0.25) is 0 Å². The van der Waals surface area contributed by atoms with E-state index in [-0.39, 0.29) is 12.1 Å². The fourth-order valence-corrected chi connectivity index (χ4v) is 5.86. The van der Waals surface area contributed by atoms with Crippen molar-refractivity contribution in [1.29, 1.82) is 0 Å². The first-order valence-electron chi connectivity index (χ1n) is 9.00. The second-order valence-corrected chi connectivity index (χ2v) is 11.0. The standard InChI is InChI=1S/C21H28O3Si/c1-5-25(6-2,7-3)24-20(14-15-21(22)23-4)19-13-12-17-10-8-9-11-18(17)16-19/h8-16,20H,5-7H2,1-4H3/b15-14+. The van der Waals surface area contributed by atoms with Crippen molar-refractivity contribution >= 4 is 25.1 Å². The molecule has 25 heavy (non-hydrogen) atoms. The van der Waals surface area contributed by atoms with Crippen molar-refractivity contribution in [2.45, 2.75) is 45.0 Å². The van der Waals surface area contributed by atoms with Crippen LogP contribution >= 0.6 is 0 Å². The zero-order valence-corrected chi connectivity index (χ0v) is 16.6. The van der Waals surface area contributed by atoms with Gasteiger partial charge in [-0.15, -0.1) is 0 Å². The van der Waals surface area contributed by atoms with Gasteiger partial charge in [-0.25, -0.2) is 4.79 Å². The van der Waals surface area contributed by atoms with Gasteiger partial charge in [-0.3, -0.25) is 0 Å². The second kappa shape index (κ2) is 8.97. The summed E-state index contributed by atoms with van der Waals surface area (Å²) in [5.74, 6) is -0.355. The topological polar surface area (TPSA) is 35.5 Å². The van der Waals surface area contributed by atoms with Gasteiger partial charge in [0.1, 0.15) is 0 Å². The SMILES string of the molecule is CC[Si](CC)(CC)OC(/C=C/C(=O)OC)c1ccc2ccccc2c1. The van der Waals surface area contributed by atoms with Crippen LogP contribution < -0.4 is 0 Å². The van der Waals surface area contributed by atoms with Gasteiger partial charge < -0.3 is 9.16 Å². The monoisotopic (exact) mass is 356 g/mol. The summed E-state index contributed by atoms with van der Waals surface area (Å²) in [6, 6.07) is 17.8. The van der Waals surface area contributed by atoms with Crippen LogP contribution in [0.25, 0.3) is 10.8 Å². The van der Waals surface area contributed by atoms with Crippen molar-refractivity contribution in [1.82, 2.24) is 0 Å². The van der Waals surface area contributed by atoms with Crippen LogP contribution in [-0.2, 0) is 14.0 Å². The van der Waals surface area contributed by atoms with Crippen molar-refractivity contribution < 1.29 is 14.0 Å². The number of carbonyl (C=O) groups is 1. The Hall–Kier alpha value is -1.91. The molecule has 0 saturated carbocycles. The number of hydrogen-bond acceptors (Lipinski definition) is 3. The van der Waals surface area contributed by atoms with Crippen molar-refractivity contribution in [3.05, 3.63) is 60.2 Å². The van der Waals surface area contributed by atoms with E-state index in [2.05, 4.69) is 51.1 Å². The summed E-state index contributed by atoms with van der Waals surface area (Å²) in [7, 11) is -0.426. The van der Waals surface area contributed by atoms with Gasteiger partial charge in [0.15, 0.2) is 8.32 Å². The van der Waals surface area contributed by atoms with Gasteiger partial charge in [0, 0.05) is 6.08 Å². The van der Waals surface area contributed by atoms with E-state index in [9.17, 15) is 4.79 Å². The summed E-state index contributed by atoms with van der Waals surface area (Å²) in [4.78, 5) is 11.6. The third-order valence-corrected chi connectivity index (χ3v) is 9.64. The van der Waals surface area contributed by atoms with Crippen LogP contribution in [0, 0.1) is 0 Å². The Morgan fingerprint density at radius 3 is 2.28 bits per heavy atom. The maximum absolute atomic E-state index is 11.6. The molecule has 0 saturated heterocycles. The maximum Gasteiger partial charge on any atom is 0.330 e. The Morgan fingerprint density at radius 2 is 1.68 bits per heavy atom. The van der Waals surface area contributed by atoms with Crippen LogP contribution in [-0.4, -0.2) is 21.4 Å². The third-order valence-electron chi connectivity index (χ3n) is 5.02. The molecule has 0 aliphatic carbocycles. The van der Waals surface area contributed by atoms with Crippen LogP contribution in [0.15, 0.2) is 54.6 Å². The van der Waals surface area contributed by atoms with E-state index in [1.807, 2.05) is 18.2 Å². The molecule has 1 unspecified atom stereocenters. The lowest BCUT2D eigenvalue weighted by Crippen LogP contribution is -2.37. The summed E-state index contributed by atoms with van der Waals surface area (Å²) in [6.07, 6.45) is 3.08. The molecule has 2 aromatic rings. The molecule has 0 spiro atoms. The lowest BCUT2D eigenvalue weighted by Gasteiger charge is -2.32. The molecule has 0 fully saturated rings. The van der Waals surface area contributed by atoms with Gasteiger partial charge in [-0.2, -0.15) is 0 Å². The van der Waals surface area contributed by atoms with E-state index in [1.165, 1.54) is 24.0 Å². The van der Waals surface area contributed by atoms with Crippen LogP contribution in [0.2, 0.25) is 18.1 Å². The molecule has 1 atom stereocenters. The Balaban J connectivity index is 2.41. The highest BCUT2D eigenvalue weighted by Crippen LogP contribution is 2.32. The van der Waals surface area contributed by atoms with Crippen molar-refractivity contribution in [2.24, 2.45) is 0 Å². The number of methoxy groups -OCH3 is 1. The zero-order chi connectivity index (χ0) is 18.3. The number of carbonyl (C=O) groups excluding carboxylic acids is 1. The molecule has 0 aliphatic heterocycles. The lowest BCUT2D eigenvalue weighted by molar-refractivity contribution is -0.134. The van der Waals surface area contributed by atoms with Crippen LogP contribution in [0.3, 0.4) is 0 Å². The molecule has 0 aliphatic rings. The Kier molecular flexibility index (Phi) is 6.97. The van der Waals surface area contributed by atoms with Crippen molar-refractivity contribution in [3.63, 3.8) is 0 Å². The second-order valence-electron chi connectivity index (χ2n) is 6.27. The first-order valence-corrected chi connectivity index (χ1v) is 11.5. The van der Waals surface area contributed by atoms with Gasteiger partial charge in [-0.05, 0) is 46.6 Å². The average Bonchev–Trinajstić information content (AvgIpc) is 2.68. The van der Waals surface area contributed by atoms with E-state index >= 15 is 0 Å². The van der Waals surface area contributed by atoms with Crippen LogP contribution in [0.5, 0.6) is 0 Å². The average molecular weight is 357 g/mol. The van der Waals surface area contributed by atoms with Crippen molar-refractivity contribution in [3.8, 4) is 0 Å². The predicted molar refractivity (Wildman–Crippen MR) is 106 cm³/mol. The van der Waals surface area contributed by atoms with E-state index in [0.717, 1.165) is 23.7 Å². The predicted octanol–water partition coefficient (Wildman–Crippen LogP) is 5.63. The summed E-state index contributed by atoms with van der Waals surface area (Å²) < 4.78 is 11.4. The summed E-state index contributed by atoms with van der Waals surface area (Å²) in [6.45, 7) is 6.63. The third kappa shape index (κ3) is 4.80. The molecule has 0 radical (unpaired) electrons. The molecule has 0 heterocycles. The van der Waals surface area contributed by atoms with Gasteiger partial charge in [0.05, 0.1) is 13.2 Å². The molecular formula is C21H28O3Si. The molecule has 4 heteroatoms. The summed E-state index contributed by atoms with van der Waals surface area (Å²) in [5, 5.41) is 2.38. The van der Waals surface area contributed by atoms with E-state index in [1.54, 1.807) is 0 Å². The zero-order valence-electron chi connectivity index (χ0n) is 15.6. The normalized spacial score (nSPS) is 13.3. The van der Waals surface area contributed by atoms with Gasteiger partial charge in [0.25, 0.3) is 0 Å². The largest absolute Gasteiger partial charge is 0.466 e. The molecule has 0 amide bonds. The number of rotatable bonds is 8. The highest BCUT2D eigenvalue weighted by atomic mass is 28.4. The molecule has 2 rings (SSSR count). The molecule has 0 N–H and O–H groups in total. The van der Waals surface area contributed by atoms with E-state index < -0.39 is 8.32 Å². The summed E-state index contributed by atoms with van der Waals surface area (Å²) in [5.41, 5.74) is 1.08. The minimum Gasteiger partial charge on any atom is -0.466 e. The number of ether oxygens (including phenoxy) is 1. The van der Waals surface area contributed by atoms with Gasteiger partial charge in [-0.1, -0.05) is 57.2 Å². The lowest BCUT2D eigenvalue weighted by atomic mass is 10.0. The molecule has 2 aromatic carbocycles.